The van der Waals surface area contributed by atoms with Gasteiger partial charge >= 0.3 is 0 Å². The van der Waals surface area contributed by atoms with Crippen molar-refractivity contribution in [3.8, 4) is 5.75 Å². The number of hydrogen-bond acceptors (Lipinski definition) is 4. The number of piperidine rings is 1. The number of carbonyl (C=O) groups is 1. The van der Waals surface area contributed by atoms with Crippen molar-refractivity contribution in [2.75, 3.05) is 40.0 Å². The Morgan fingerprint density at radius 2 is 2.04 bits per heavy atom. The number of carbonyl (C=O) groups excluding carboxylic acids is 1. The molecule has 5 nitrogen and oxygen atoms in total. The third kappa shape index (κ3) is 5.89. The van der Waals surface area contributed by atoms with Crippen LogP contribution in [0.5, 0.6) is 5.75 Å². The summed E-state index contributed by atoms with van der Waals surface area (Å²) >= 11 is 0. The molecular weight excluding hydrogens is 342 g/mol. The van der Waals surface area contributed by atoms with E-state index in [1.54, 1.807) is 7.11 Å². The maximum absolute atomic E-state index is 13.4. The minimum Gasteiger partial charge on any atom is -0.481 e. The first kappa shape index (κ1) is 20.6. The first-order valence-corrected chi connectivity index (χ1v) is 7.59. The van der Waals surface area contributed by atoms with Crippen molar-refractivity contribution in [3.63, 3.8) is 0 Å². The molecular formula is C16H23ClF2N2O3. The van der Waals surface area contributed by atoms with Gasteiger partial charge in [-0.15, -0.1) is 12.4 Å². The number of nitrogens with one attached hydrogen (secondary N) is 2. The molecule has 1 amide bonds. The summed E-state index contributed by atoms with van der Waals surface area (Å²) < 4.78 is 36.6. The number of halogens is 3. The molecule has 1 fully saturated rings. The average molecular weight is 365 g/mol. The molecule has 136 valence electrons. The first-order valence-electron chi connectivity index (χ1n) is 7.59. The predicted octanol–water partition coefficient (Wildman–Crippen LogP) is 1.90. The van der Waals surface area contributed by atoms with Crippen LogP contribution < -0.4 is 15.4 Å². The van der Waals surface area contributed by atoms with E-state index in [1.807, 2.05) is 0 Å². The maximum Gasteiger partial charge on any atom is 0.257 e. The minimum atomic E-state index is -0.827. The number of benzene rings is 1. The zero-order valence-electron chi connectivity index (χ0n) is 13.6. The average Bonchev–Trinajstić information content (AvgIpc) is 2.53. The number of amides is 1. The molecule has 0 atom stereocenters. The van der Waals surface area contributed by atoms with Crippen molar-refractivity contribution in [3.05, 3.63) is 29.8 Å². The quantitative estimate of drug-likeness (QED) is 0.776. The number of hydrogen-bond donors (Lipinski definition) is 2. The van der Waals surface area contributed by atoms with Gasteiger partial charge in [-0.25, -0.2) is 8.78 Å². The van der Waals surface area contributed by atoms with Gasteiger partial charge < -0.3 is 20.1 Å². The highest BCUT2D eigenvalue weighted by Crippen LogP contribution is 2.28. The zero-order chi connectivity index (χ0) is 16.7. The van der Waals surface area contributed by atoms with Crippen molar-refractivity contribution in [2.45, 2.75) is 12.8 Å². The summed E-state index contributed by atoms with van der Waals surface area (Å²) in [4.78, 5) is 11.9. The van der Waals surface area contributed by atoms with Gasteiger partial charge in [-0.1, -0.05) is 0 Å². The van der Waals surface area contributed by atoms with E-state index in [0.29, 0.717) is 13.2 Å². The van der Waals surface area contributed by atoms with Crippen molar-refractivity contribution < 1.29 is 23.0 Å². The van der Waals surface area contributed by atoms with Gasteiger partial charge in [0.25, 0.3) is 5.91 Å². The molecule has 0 aromatic heterocycles. The van der Waals surface area contributed by atoms with E-state index in [2.05, 4.69) is 10.6 Å². The van der Waals surface area contributed by atoms with Gasteiger partial charge in [-0.3, -0.25) is 4.79 Å². The fourth-order valence-corrected chi connectivity index (χ4v) is 2.71. The van der Waals surface area contributed by atoms with Gasteiger partial charge in [0.1, 0.15) is 5.82 Å². The monoisotopic (exact) mass is 364 g/mol. The highest BCUT2D eigenvalue weighted by atomic mass is 35.5. The second kappa shape index (κ2) is 9.76. The summed E-state index contributed by atoms with van der Waals surface area (Å²) in [6.07, 6.45) is 1.82. The SMILES string of the molecule is COCC1(CNC(=O)COc2ccc(F)cc2F)CCNCC1.Cl. The second-order valence-electron chi connectivity index (χ2n) is 5.82. The van der Waals surface area contributed by atoms with Crippen LogP contribution in [0.1, 0.15) is 12.8 Å². The Labute approximate surface area is 146 Å². The molecule has 0 saturated carbocycles. The second-order valence-corrected chi connectivity index (χ2v) is 5.82. The lowest BCUT2D eigenvalue weighted by Crippen LogP contribution is -2.47. The standard InChI is InChI=1S/C16H22F2N2O3.ClH/c1-22-11-16(4-6-19-7-5-16)10-20-15(21)9-23-14-3-2-12(17)8-13(14)18;/h2-3,8,19H,4-7,9-11H2,1H3,(H,20,21);1H. The summed E-state index contributed by atoms with van der Waals surface area (Å²) in [6.45, 7) is 2.51. The van der Waals surface area contributed by atoms with Crippen molar-refractivity contribution >= 4 is 18.3 Å². The number of rotatable bonds is 7. The molecule has 2 N–H and O–H groups in total. The van der Waals surface area contributed by atoms with Crippen molar-refractivity contribution in [2.24, 2.45) is 5.41 Å². The van der Waals surface area contributed by atoms with E-state index in [1.165, 1.54) is 0 Å². The van der Waals surface area contributed by atoms with Gasteiger partial charge in [0.15, 0.2) is 18.2 Å². The Hall–Kier alpha value is -1.44. The van der Waals surface area contributed by atoms with Gasteiger partial charge in [-0.2, -0.15) is 0 Å². The van der Waals surface area contributed by atoms with Crippen LogP contribution in [0.15, 0.2) is 18.2 Å². The van der Waals surface area contributed by atoms with Crippen LogP contribution in [0.2, 0.25) is 0 Å². The van der Waals surface area contributed by atoms with Gasteiger partial charge in [0.05, 0.1) is 6.61 Å². The normalized spacial score (nSPS) is 16.1. The van der Waals surface area contributed by atoms with Crippen LogP contribution in [0.25, 0.3) is 0 Å². The zero-order valence-corrected chi connectivity index (χ0v) is 14.4. The Kier molecular flexibility index (Phi) is 8.38. The Morgan fingerprint density at radius 3 is 2.67 bits per heavy atom. The van der Waals surface area contributed by atoms with Crippen LogP contribution in [-0.4, -0.2) is 45.9 Å². The van der Waals surface area contributed by atoms with Crippen LogP contribution >= 0.6 is 12.4 Å². The molecule has 0 spiro atoms. The third-order valence-corrected chi connectivity index (χ3v) is 4.03. The van der Waals surface area contributed by atoms with Crippen LogP contribution in [0.3, 0.4) is 0 Å². The lowest BCUT2D eigenvalue weighted by molar-refractivity contribution is -0.124. The van der Waals surface area contributed by atoms with Crippen LogP contribution in [0.4, 0.5) is 8.78 Å². The first-order chi connectivity index (χ1) is 11.0. The Morgan fingerprint density at radius 1 is 1.33 bits per heavy atom. The highest BCUT2D eigenvalue weighted by Gasteiger charge is 2.32. The smallest absolute Gasteiger partial charge is 0.257 e. The summed E-state index contributed by atoms with van der Waals surface area (Å²) in [7, 11) is 1.64. The Bertz CT molecular complexity index is 535. The summed E-state index contributed by atoms with van der Waals surface area (Å²) in [5, 5.41) is 6.09. The predicted molar refractivity (Wildman–Crippen MR) is 88.5 cm³/mol. The lowest BCUT2D eigenvalue weighted by atomic mass is 9.79. The number of methoxy groups -OCH3 is 1. The molecule has 0 radical (unpaired) electrons. The van der Waals surface area contributed by atoms with Crippen LogP contribution in [-0.2, 0) is 9.53 Å². The summed E-state index contributed by atoms with van der Waals surface area (Å²) in [5.74, 6) is -2.00. The molecule has 8 heteroatoms. The topological polar surface area (TPSA) is 59.6 Å². The molecule has 1 aliphatic heterocycles. The fraction of sp³-hybridized carbons (Fsp3) is 0.562. The van der Waals surface area contributed by atoms with E-state index >= 15 is 0 Å². The molecule has 0 aliphatic carbocycles. The highest BCUT2D eigenvalue weighted by molar-refractivity contribution is 5.85. The summed E-state index contributed by atoms with van der Waals surface area (Å²) in [5.41, 5.74) is -0.0865. The number of ether oxygens (including phenoxy) is 2. The lowest BCUT2D eigenvalue weighted by Gasteiger charge is -2.37. The van der Waals surface area contributed by atoms with Crippen molar-refractivity contribution in [1.82, 2.24) is 10.6 Å². The minimum absolute atomic E-state index is 0. The van der Waals surface area contributed by atoms with E-state index in [9.17, 15) is 13.6 Å². The van der Waals surface area contributed by atoms with E-state index in [-0.39, 0.29) is 36.1 Å². The summed E-state index contributed by atoms with van der Waals surface area (Å²) in [6, 6.07) is 2.96. The molecule has 2 rings (SSSR count). The molecule has 1 aromatic carbocycles. The molecule has 1 aromatic rings. The van der Waals surface area contributed by atoms with Crippen molar-refractivity contribution in [1.29, 1.82) is 0 Å². The molecule has 24 heavy (non-hydrogen) atoms. The van der Waals surface area contributed by atoms with E-state index in [4.69, 9.17) is 9.47 Å². The van der Waals surface area contributed by atoms with E-state index < -0.39 is 11.6 Å². The maximum atomic E-state index is 13.4. The Balaban J connectivity index is 0.00000288. The fourth-order valence-electron chi connectivity index (χ4n) is 2.71. The van der Waals surface area contributed by atoms with Gasteiger partial charge in [0, 0.05) is 25.1 Å². The largest absolute Gasteiger partial charge is 0.481 e. The van der Waals surface area contributed by atoms with Gasteiger partial charge in [-0.05, 0) is 38.1 Å². The molecule has 1 saturated heterocycles. The third-order valence-electron chi connectivity index (χ3n) is 4.03. The van der Waals surface area contributed by atoms with E-state index in [0.717, 1.165) is 44.1 Å². The van der Waals surface area contributed by atoms with Gasteiger partial charge in [0.2, 0.25) is 0 Å². The molecule has 1 aliphatic rings. The molecule has 0 bridgehead atoms. The van der Waals surface area contributed by atoms with Crippen LogP contribution in [0, 0.1) is 17.0 Å². The molecule has 0 unspecified atom stereocenters. The molecule has 1 heterocycles.